The zero-order chi connectivity index (χ0) is 14.4. The molecule has 0 aromatic heterocycles. The molecule has 2 aliphatic rings. The van der Waals surface area contributed by atoms with Gasteiger partial charge in [0.25, 0.3) is 0 Å². The summed E-state index contributed by atoms with van der Waals surface area (Å²) in [6.07, 6.45) is 0.279. The Bertz CT molecular complexity index is 600. The Morgan fingerprint density at radius 3 is 2.75 bits per heavy atom. The summed E-state index contributed by atoms with van der Waals surface area (Å²) in [5, 5.41) is 9.77. The molecule has 1 saturated heterocycles. The SMILES string of the molecule is C[C@H](O)C1(S(=O)(=O)c2cccc(OCC3CO3)c2)CC1. The molecule has 0 radical (unpaired) electrons. The van der Waals surface area contributed by atoms with E-state index >= 15 is 0 Å². The molecule has 1 unspecified atom stereocenters. The molecule has 0 bridgehead atoms. The molecule has 1 heterocycles. The second-order valence-electron chi connectivity index (χ2n) is 5.49. The zero-order valence-corrected chi connectivity index (χ0v) is 12.1. The average molecular weight is 298 g/mol. The molecule has 6 heteroatoms. The van der Waals surface area contributed by atoms with E-state index in [0.29, 0.717) is 31.8 Å². The Morgan fingerprint density at radius 1 is 1.50 bits per heavy atom. The fourth-order valence-corrected chi connectivity index (χ4v) is 4.44. The number of hydrogen-bond donors (Lipinski definition) is 1. The van der Waals surface area contributed by atoms with E-state index in [4.69, 9.17) is 9.47 Å². The summed E-state index contributed by atoms with van der Waals surface area (Å²) < 4.78 is 34.8. The Kier molecular flexibility index (Phi) is 3.27. The van der Waals surface area contributed by atoms with Gasteiger partial charge >= 0.3 is 0 Å². The lowest BCUT2D eigenvalue weighted by molar-refractivity contribution is 0.180. The van der Waals surface area contributed by atoms with Crippen LogP contribution in [0.25, 0.3) is 0 Å². The summed E-state index contributed by atoms with van der Waals surface area (Å²) >= 11 is 0. The molecule has 5 nitrogen and oxygen atoms in total. The van der Waals surface area contributed by atoms with Crippen LogP contribution in [0.5, 0.6) is 5.75 Å². The van der Waals surface area contributed by atoms with Gasteiger partial charge in [0.05, 0.1) is 17.6 Å². The highest BCUT2D eigenvalue weighted by Gasteiger charge is 2.58. The predicted octanol–water partition coefficient (Wildman–Crippen LogP) is 1.15. The summed E-state index contributed by atoms with van der Waals surface area (Å²) in [6, 6.07) is 6.47. The zero-order valence-electron chi connectivity index (χ0n) is 11.3. The molecule has 1 aliphatic heterocycles. The van der Waals surface area contributed by atoms with Crippen molar-refractivity contribution in [3.63, 3.8) is 0 Å². The Morgan fingerprint density at radius 2 is 2.20 bits per heavy atom. The van der Waals surface area contributed by atoms with E-state index in [1.165, 1.54) is 13.0 Å². The van der Waals surface area contributed by atoms with Crippen molar-refractivity contribution in [1.29, 1.82) is 0 Å². The lowest BCUT2D eigenvalue weighted by atomic mass is 10.3. The normalized spacial score (nSPS) is 25.0. The van der Waals surface area contributed by atoms with E-state index < -0.39 is 20.7 Å². The summed E-state index contributed by atoms with van der Waals surface area (Å²) in [6.45, 7) is 2.67. The largest absolute Gasteiger partial charge is 0.491 e. The summed E-state index contributed by atoms with van der Waals surface area (Å²) in [5.41, 5.74) is 0. The van der Waals surface area contributed by atoms with Crippen molar-refractivity contribution >= 4 is 9.84 Å². The number of aliphatic hydroxyl groups excluding tert-OH is 1. The number of aliphatic hydroxyl groups is 1. The van der Waals surface area contributed by atoms with Crippen LogP contribution >= 0.6 is 0 Å². The molecule has 2 fully saturated rings. The van der Waals surface area contributed by atoms with Crippen molar-refractivity contribution in [2.75, 3.05) is 13.2 Å². The minimum absolute atomic E-state index is 0.127. The molecular formula is C14H18O5S. The van der Waals surface area contributed by atoms with Gasteiger partial charge in [0, 0.05) is 0 Å². The molecule has 1 aromatic carbocycles. The fraction of sp³-hybridized carbons (Fsp3) is 0.571. The van der Waals surface area contributed by atoms with E-state index in [0.717, 1.165) is 0 Å². The molecule has 3 rings (SSSR count). The van der Waals surface area contributed by atoms with Gasteiger partial charge in [0.15, 0.2) is 9.84 Å². The van der Waals surface area contributed by atoms with Crippen molar-refractivity contribution in [2.24, 2.45) is 0 Å². The lowest BCUT2D eigenvalue weighted by Crippen LogP contribution is -2.34. The first kappa shape index (κ1) is 13.9. The highest BCUT2D eigenvalue weighted by molar-refractivity contribution is 7.93. The van der Waals surface area contributed by atoms with Crippen molar-refractivity contribution in [3.05, 3.63) is 24.3 Å². The average Bonchev–Trinajstić information content (AvgIpc) is 3.29. The number of sulfone groups is 1. The van der Waals surface area contributed by atoms with Crippen LogP contribution in [0, 0.1) is 0 Å². The molecule has 0 amide bonds. The van der Waals surface area contributed by atoms with E-state index in [9.17, 15) is 13.5 Å². The Balaban J connectivity index is 1.84. The monoisotopic (exact) mass is 298 g/mol. The van der Waals surface area contributed by atoms with Gasteiger partial charge in [-0.05, 0) is 38.0 Å². The number of ether oxygens (including phenoxy) is 2. The number of benzene rings is 1. The van der Waals surface area contributed by atoms with E-state index in [-0.39, 0.29) is 11.0 Å². The van der Waals surface area contributed by atoms with Crippen LogP contribution in [-0.4, -0.2) is 43.7 Å². The third kappa shape index (κ3) is 2.32. The van der Waals surface area contributed by atoms with Crippen molar-refractivity contribution in [3.8, 4) is 5.75 Å². The molecule has 0 spiro atoms. The van der Waals surface area contributed by atoms with Crippen LogP contribution in [-0.2, 0) is 14.6 Å². The maximum atomic E-state index is 12.6. The minimum atomic E-state index is -3.53. The number of hydrogen-bond acceptors (Lipinski definition) is 5. The first-order valence-electron chi connectivity index (χ1n) is 6.73. The molecule has 1 aliphatic carbocycles. The van der Waals surface area contributed by atoms with Crippen LogP contribution in [0.3, 0.4) is 0 Å². The van der Waals surface area contributed by atoms with Crippen LogP contribution in [0.15, 0.2) is 29.2 Å². The molecule has 20 heavy (non-hydrogen) atoms. The smallest absolute Gasteiger partial charge is 0.186 e. The molecular weight excluding hydrogens is 280 g/mol. The molecule has 1 saturated carbocycles. The van der Waals surface area contributed by atoms with Crippen LogP contribution < -0.4 is 4.74 Å². The summed E-state index contributed by atoms with van der Waals surface area (Å²) in [5.74, 6) is 0.517. The van der Waals surface area contributed by atoms with Crippen molar-refractivity contribution < 1.29 is 23.0 Å². The van der Waals surface area contributed by atoms with Gasteiger partial charge in [-0.2, -0.15) is 0 Å². The highest BCUT2D eigenvalue weighted by Crippen LogP contribution is 2.49. The topological polar surface area (TPSA) is 76.1 Å². The second-order valence-corrected chi connectivity index (χ2v) is 7.78. The van der Waals surface area contributed by atoms with Gasteiger partial charge in [-0.25, -0.2) is 8.42 Å². The first-order chi connectivity index (χ1) is 9.46. The standard InChI is InChI=1S/C14H18O5S/c1-10(15)14(5-6-14)20(16,17)13-4-2-3-11(7-13)18-8-12-9-19-12/h2-4,7,10,12,15H,5-6,8-9H2,1H3/t10-,12?/m0/s1. The summed E-state index contributed by atoms with van der Waals surface area (Å²) in [7, 11) is -3.53. The van der Waals surface area contributed by atoms with Gasteiger partial charge in [0.1, 0.15) is 23.2 Å². The van der Waals surface area contributed by atoms with Crippen LogP contribution in [0.4, 0.5) is 0 Å². The van der Waals surface area contributed by atoms with Crippen LogP contribution in [0.2, 0.25) is 0 Å². The summed E-state index contributed by atoms with van der Waals surface area (Å²) in [4.78, 5) is 0.213. The third-order valence-corrected chi connectivity index (χ3v) is 6.69. The van der Waals surface area contributed by atoms with E-state index in [2.05, 4.69) is 0 Å². The van der Waals surface area contributed by atoms with Crippen molar-refractivity contribution in [1.82, 2.24) is 0 Å². The molecule has 2 atom stereocenters. The van der Waals surface area contributed by atoms with Gasteiger partial charge in [0.2, 0.25) is 0 Å². The maximum Gasteiger partial charge on any atom is 0.186 e. The fourth-order valence-electron chi connectivity index (χ4n) is 2.35. The quantitative estimate of drug-likeness (QED) is 0.797. The van der Waals surface area contributed by atoms with E-state index in [1.807, 2.05) is 0 Å². The van der Waals surface area contributed by atoms with Crippen molar-refractivity contribution in [2.45, 2.75) is 41.6 Å². The number of rotatable bonds is 6. The van der Waals surface area contributed by atoms with Gasteiger partial charge in [-0.1, -0.05) is 6.07 Å². The predicted molar refractivity (Wildman–Crippen MR) is 72.5 cm³/mol. The van der Waals surface area contributed by atoms with Gasteiger partial charge in [-0.15, -0.1) is 0 Å². The van der Waals surface area contributed by atoms with Gasteiger partial charge < -0.3 is 14.6 Å². The van der Waals surface area contributed by atoms with Gasteiger partial charge in [-0.3, -0.25) is 0 Å². The lowest BCUT2D eigenvalue weighted by Gasteiger charge is -2.19. The van der Waals surface area contributed by atoms with E-state index in [1.54, 1.807) is 18.2 Å². The Labute approximate surface area is 118 Å². The minimum Gasteiger partial charge on any atom is -0.491 e. The first-order valence-corrected chi connectivity index (χ1v) is 8.21. The molecule has 110 valence electrons. The highest BCUT2D eigenvalue weighted by atomic mass is 32.2. The molecule has 1 aromatic rings. The van der Waals surface area contributed by atoms with Crippen LogP contribution in [0.1, 0.15) is 19.8 Å². The second kappa shape index (κ2) is 4.72. The Hall–Kier alpha value is -1.11. The number of epoxide rings is 1. The molecule has 1 N–H and O–H groups in total. The maximum absolute atomic E-state index is 12.6. The third-order valence-electron chi connectivity index (χ3n) is 3.99.